The van der Waals surface area contributed by atoms with Crippen LogP contribution in [0.4, 0.5) is 0 Å². The third kappa shape index (κ3) is 8.36. The van der Waals surface area contributed by atoms with Gasteiger partial charge in [0.2, 0.25) is 0 Å². The molecule has 0 amide bonds. The second kappa shape index (κ2) is 11.9. The maximum absolute atomic E-state index is 5.80. The van der Waals surface area contributed by atoms with E-state index in [0.717, 1.165) is 32.1 Å². The Kier molecular flexibility index (Phi) is 9.37. The lowest BCUT2D eigenvalue weighted by molar-refractivity contribution is 0.0931. The van der Waals surface area contributed by atoms with Crippen molar-refractivity contribution in [2.75, 3.05) is 46.4 Å². The molecule has 1 aliphatic heterocycles. The van der Waals surface area contributed by atoms with E-state index in [1.165, 1.54) is 38.0 Å². The number of nitrogens with one attached hydrogen (secondary N) is 2. The Morgan fingerprint density at radius 2 is 1.96 bits per heavy atom. The Labute approximate surface area is 152 Å². The molecule has 2 rings (SSSR count). The van der Waals surface area contributed by atoms with Gasteiger partial charge in [-0.25, -0.2) is 0 Å². The Balaban J connectivity index is 1.51. The van der Waals surface area contributed by atoms with Crippen LogP contribution in [0, 0.1) is 5.92 Å². The maximum Gasteiger partial charge on any atom is 0.190 e. The molecule has 0 saturated carbocycles. The van der Waals surface area contributed by atoms with Crippen molar-refractivity contribution >= 4 is 5.96 Å². The van der Waals surface area contributed by atoms with Gasteiger partial charge >= 0.3 is 0 Å². The van der Waals surface area contributed by atoms with E-state index in [4.69, 9.17) is 4.74 Å². The van der Waals surface area contributed by atoms with Gasteiger partial charge in [0.25, 0.3) is 0 Å². The van der Waals surface area contributed by atoms with Crippen LogP contribution < -0.4 is 10.6 Å². The molecule has 0 radical (unpaired) electrons. The van der Waals surface area contributed by atoms with Crippen molar-refractivity contribution in [1.29, 1.82) is 0 Å². The highest BCUT2D eigenvalue weighted by Gasteiger charge is 2.10. The molecular weight excluding hydrogens is 312 g/mol. The number of ether oxygens (including phenoxy) is 1. The highest BCUT2D eigenvalue weighted by molar-refractivity contribution is 5.79. The van der Waals surface area contributed by atoms with E-state index in [1.807, 2.05) is 25.2 Å². The SMILES string of the molecule is CN=C(NCCCN1CCCC1)NCC(C)COCc1ccccc1. The third-order valence-electron chi connectivity index (χ3n) is 4.50. The zero-order valence-corrected chi connectivity index (χ0v) is 15.8. The lowest BCUT2D eigenvalue weighted by Gasteiger charge is -2.17. The minimum absolute atomic E-state index is 0.437. The second-order valence-corrected chi connectivity index (χ2v) is 6.89. The van der Waals surface area contributed by atoms with Crippen molar-refractivity contribution in [2.24, 2.45) is 10.9 Å². The fourth-order valence-corrected chi connectivity index (χ4v) is 3.02. The van der Waals surface area contributed by atoms with E-state index in [9.17, 15) is 0 Å². The van der Waals surface area contributed by atoms with Crippen LogP contribution in [0.3, 0.4) is 0 Å². The lowest BCUT2D eigenvalue weighted by atomic mass is 10.2. The molecule has 0 aromatic heterocycles. The summed E-state index contributed by atoms with van der Waals surface area (Å²) in [6, 6.07) is 10.3. The highest BCUT2D eigenvalue weighted by atomic mass is 16.5. The minimum atomic E-state index is 0.437. The first-order valence-corrected chi connectivity index (χ1v) is 9.56. The average molecular weight is 347 g/mol. The molecule has 5 heteroatoms. The van der Waals surface area contributed by atoms with Crippen molar-refractivity contribution in [3.05, 3.63) is 35.9 Å². The predicted octanol–water partition coefficient (Wildman–Crippen LogP) is 2.49. The first-order chi connectivity index (χ1) is 12.3. The number of guanidine groups is 1. The fourth-order valence-electron chi connectivity index (χ4n) is 3.02. The molecular formula is C20H34N4O. The van der Waals surface area contributed by atoms with Crippen LogP contribution in [-0.4, -0.2) is 57.2 Å². The molecule has 0 bridgehead atoms. The largest absolute Gasteiger partial charge is 0.376 e. The lowest BCUT2D eigenvalue weighted by Crippen LogP contribution is -2.41. The molecule has 1 unspecified atom stereocenters. The topological polar surface area (TPSA) is 48.9 Å². The normalized spacial score (nSPS) is 16.8. The van der Waals surface area contributed by atoms with Gasteiger partial charge in [0.1, 0.15) is 0 Å². The van der Waals surface area contributed by atoms with E-state index in [0.29, 0.717) is 12.5 Å². The summed E-state index contributed by atoms with van der Waals surface area (Å²) >= 11 is 0. The number of nitrogens with zero attached hydrogens (tertiary/aromatic N) is 2. The van der Waals surface area contributed by atoms with Crippen molar-refractivity contribution in [1.82, 2.24) is 15.5 Å². The van der Waals surface area contributed by atoms with Crippen molar-refractivity contribution in [3.63, 3.8) is 0 Å². The van der Waals surface area contributed by atoms with E-state index in [2.05, 4.69) is 39.6 Å². The Bertz CT molecular complexity index is 486. The monoisotopic (exact) mass is 346 g/mol. The zero-order chi connectivity index (χ0) is 17.7. The van der Waals surface area contributed by atoms with Gasteiger partial charge in [0.05, 0.1) is 13.2 Å². The van der Waals surface area contributed by atoms with Gasteiger partial charge in [0, 0.05) is 20.1 Å². The van der Waals surface area contributed by atoms with Crippen LogP contribution in [0.25, 0.3) is 0 Å². The molecule has 1 heterocycles. The first-order valence-electron chi connectivity index (χ1n) is 9.56. The molecule has 1 fully saturated rings. The van der Waals surface area contributed by atoms with Crippen LogP contribution in [0.15, 0.2) is 35.3 Å². The third-order valence-corrected chi connectivity index (χ3v) is 4.50. The Hall–Kier alpha value is -1.59. The van der Waals surface area contributed by atoms with Crippen LogP contribution in [0.1, 0.15) is 31.7 Å². The fraction of sp³-hybridized carbons (Fsp3) is 0.650. The van der Waals surface area contributed by atoms with Gasteiger partial charge in [-0.05, 0) is 50.4 Å². The van der Waals surface area contributed by atoms with E-state index >= 15 is 0 Å². The van der Waals surface area contributed by atoms with Crippen LogP contribution in [-0.2, 0) is 11.3 Å². The molecule has 25 heavy (non-hydrogen) atoms. The Morgan fingerprint density at radius 1 is 1.20 bits per heavy atom. The number of rotatable bonds is 10. The Morgan fingerprint density at radius 3 is 2.68 bits per heavy atom. The molecule has 0 aliphatic carbocycles. The summed E-state index contributed by atoms with van der Waals surface area (Å²) in [5.74, 6) is 1.32. The summed E-state index contributed by atoms with van der Waals surface area (Å²) < 4.78 is 5.80. The molecule has 0 spiro atoms. The molecule has 5 nitrogen and oxygen atoms in total. The van der Waals surface area contributed by atoms with Gasteiger partial charge in [0.15, 0.2) is 5.96 Å². The summed E-state index contributed by atoms with van der Waals surface area (Å²) in [7, 11) is 1.83. The van der Waals surface area contributed by atoms with E-state index in [1.54, 1.807) is 0 Å². The minimum Gasteiger partial charge on any atom is -0.376 e. The van der Waals surface area contributed by atoms with Crippen molar-refractivity contribution in [2.45, 2.75) is 32.8 Å². The summed E-state index contributed by atoms with van der Waals surface area (Å²) in [5.41, 5.74) is 1.22. The standard InChI is InChI=1S/C20H34N4O/c1-18(16-25-17-19-9-4-3-5-10-19)15-23-20(21-2)22-11-8-14-24-12-6-7-13-24/h3-5,9-10,18H,6-8,11-17H2,1-2H3,(H2,21,22,23). The first kappa shape index (κ1) is 19.7. The van der Waals surface area contributed by atoms with Gasteiger partial charge in [-0.1, -0.05) is 37.3 Å². The molecule has 1 aliphatic rings. The number of hydrogen-bond donors (Lipinski definition) is 2. The molecule has 1 atom stereocenters. The summed E-state index contributed by atoms with van der Waals surface area (Å²) in [6.07, 6.45) is 3.89. The van der Waals surface area contributed by atoms with Crippen LogP contribution in [0.2, 0.25) is 0 Å². The van der Waals surface area contributed by atoms with E-state index in [-0.39, 0.29) is 0 Å². The number of aliphatic imine (C=N–C) groups is 1. The van der Waals surface area contributed by atoms with Crippen molar-refractivity contribution < 1.29 is 4.74 Å². The predicted molar refractivity (Wildman–Crippen MR) is 105 cm³/mol. The second-order valence-electron chi connectivity index (χ2n) is 6.89. The number of benzene rings is 1. The van der Waals surface area contributed by atoms with E-state index < -0.39 is 0 Å². The molecule has 2 N–H and O–H groups in total. The average Bonchev–Trinajstić information content (AvgIpc) is 3.15. The molecule has 1 aromatic carbocycles. The maximum atomic E-state index is 5.80. The van der Waals surface area contributed by atoms with Crippen LogP contribution >= 0.6 is 0 Å². The quantitative estimate of drug-likeness (QED) is 0.388. The summed E-state index contributed by atoms with van der Waals surface area (Å²) in [4.78, 5) is 6.84. The zero-order valence-electron chi connectivity index (χ0n) is 15.8. The van der Waals surface area contributed by atoms with Crippen LogP contribution in [0.5, 0.6) is 0 Å². The molecule has 140 valence electrons. The number of likely N-dealkylation sites (tertiary alicyclic amines) is 1. The van der Waals surface area contributed by atoms with Gasteiger partial charge < -0.3 is 20.3 Å². The number of hydrogen-bond acceptors (Lipinski definition) is 3. The molecule has 1 aromatic rings. The molecule has 1 saturated heterocycles. The van der Waals surface area contributed by atoms with Crippen molar-refractivity contribution in [3.8, 4) is 0 Å². The smallest absolute Gasteiger partial charge is 0.190 e. The van der Waals surface area contributed by atoms with Gasteiger partial charge in [-0.3, -0.25) is 4.99 Å². The summed E-state index contributed by atoms with van der Waals surface area (Å²) in [6.45, 7) is 9.17. The highest BCUT2D eigenvalue weighted by Crippen LogP contribution is 2.07. The van der Waals surface area contributed by atoms with Gasteiger partial charge in [-0.15, -0.1) is 0 Å². The summed E-state index contributed by atoms with van der Waals surface area (Å²) in [5, 5.41) is 6.79. The van der Waals surface area contributed by atoms with Gasteiger partial charge in [-0.2, -0.15) is 0 Å².